The van der Waals surface area contributed by atoms with E-state index in [1.807, 2.05) is 84.5 Å². The van der Waals surface area contributed by atoms with Crippen LogP contribution in [0.25, 0.3) is 0 Å². The molecule has 114 valence electrons. The van der Waals surface area contributed by atoms with E-state index in [0.717, 1.165) is 5.56 Å². The van der Waals surface area contributed by atoms with Gasteiger partial charge in [0.25, 0.3) is 0 Å². The Balaban J connectivity index is 1.93. The number of nitrogens with zero attached hydrogens (tertiary/aromatic N) is 1. The molecule has 3 rings (SSSR count). The maximum absolute atomic E-state index is 12.4. The highest BCUT2D eigenvalue weighted by molar-refractivity contribution is 5.89. The minimum absolute atomic E-state index is 0.340. The molecule has 1 aromatic heterocycles. The number of hydrogen-bond donors (Lipinski definition) is 0. The fourth-order valence-electron chi connectivity index (χ4n) is 2.34. The van der Waals surface area contributed by atoms with E-state index < -0.39 is 6.23 Å². The molecule has 1 heterocycles. The number of carbonyl (C=O) groups is 1. The molecule has 0 saturated heterocycles. The SMILES string of the molecule is Cc1ccc(C(OC(=O)c2ccccc2)[n+]2ccccc2)cc1. The van der Waals surface area contributed by atoms with Gasteiger partial charge in [-0.05, 0) is 31.2 Å². The van der Waals surface area contributed by atoms with Gasteiger partial charge < -0.3 is 4.74 Å². The van der Waals surface area contributed by atoms with Gasteiger partial charge in [-0.25, -0.2) is 4.79 Å². The first-order chi connectivity index (χ1) is 11.2. The van der Waals surface area contributed by atoms with Crippen molar-refractivity contribution in [2.24, 2.45) is 0 Å². The highest BCUT2D eigenvalue weighted by Crippen LogP contribution is 2.17. The maximum atomic E-state index is 12.4. The molecule has 23 heavy (non-hydrogen) atoms. The molecule has 0 spiro atoms. The van der Waals surface area contributed by atoms with Gasteiger partial charge >= 0.3 is 12.2 Å². The molecular formula is C20H18NO2+. The molecule has 3 aromatic rings. The number of benzene rings is 2. The normalized spacial score (nSPS) is 11.7. The molecule has 1 unspecified atom stereocenters. The molecule has 0 radical (unpaired) electrons. The zero-order valence-corrected chi connectivity index (χ0v) is 12.9. The van der Waals surface area contributed by atoms with Crippen LogP contribution in [-0.4, -0.2) is 5.97 Å². The quantitative estimate of drug-likeness (QED) is 0.543. The van der Waals surface area contributed by atoms with Crippen LogP contribution in [0.5, 0.6) is 0 Å². The minimum Gasteiger partial charge on any atom is -0.395 e. The second-order valence-electron chi connectivity index (χ2n) is 5.36. The average molecular weight is 304 g/mol. The largest absolute Gasteiger partial charge is 0.395 e. The van der Waals surface area contributed by atoms with Gasteiger partial charge in [-0.1, -0.05) is 42.0 Å². The van der Waals surface area contributed by atoms with E-state index >= 15 is 0 Å². The van der Waals surface area contributed by atoms with Crippen molar-refractivity contribution >= 4 is 5.97 Å². The van der Waals surface area contributed by atoms with E-state index in [-0.39, 0.29) is 5.97 Å². The van der Waals surface area contributed by atoms with Crippen molar-refractivity contribution in [3.05, 3.63) is 102 Å². The highest BCUT2D eigenvalue weighted by Gasteiger charge is 2.25. The first-order valence-corrected chi connectivity index (χ1v) is 7.52. The van der Waals surface area contributed by atoms with Crippen LogP contribution in [-0.2, 0) is 4.74 Å². The molecule has 3 nitrogen and oxygen atoms in total. The fraction of sp³-hybridized carbons (Fsp3) is 0.100. The zero-order chi connectivity index (χ0) is 16.1. The highest BCUT2D eigenvalue weighted by atomic mass is 16.6. The van der Waals surface area contributed by atoms with Gasteiger partial charge in [-0.2, -0.15) is 4.57 Å². The molecule has 0 aliphatic heterocycles. The van der Waals surface area contributed by atoms with Gasteiger partial charge in [-0.15, -0.1) is 0 Å². The molecule has 3 heteroatoms. The van der Waals surface area contributed by atoms with Gasteiger partial charge in [0, 0.05) is 12.1 Å². The van der Waals surface area contributed by atoms with Crippen LogP contribution in [0.3, 0.4) is 0 Å². The Kier molecular flexibility index (Phi) is 4.48. The van der Waals surface area contributed by atoms with Gasteiger partial charge in [0.1, 0.15) is 0 Å². The third kappa shape index (κ3) is 3.64. The number of esters is 1. The summed E-state index contributed by atoms with van der Waals surface area (Å²) in [6, 6.07) is 22.8. The molecule has 0 bridgehead atoms. The number of aryl methyl sites for hydroxylation is 1. The van der Waals surface area contributed by atoms with Crippen LogP contribution in [0.4, 0.5) is 0 Å². The second kappa shape index (κ2) is 6.88. The van der Waals surface area contributed by atoms with Gasteiger partial charge in [-0.3, -0.25) is 0 Å². The monoisotopic (exact) mass is 304 g/mol. The third-order valence-corrected chi connectivity index (χ3v) is 3.60. The van der Waals surface area contributed by atoms with Crippen LogP contribution < -0.4 is 4.57 Å². The standard InChI is InChI=1S/C20H18NO2/c1-16-10-12-17(13-11-16)19(21-14-6-3-7-15-21)23-20(22)18-8-4-2-5-9-18/h2-15,19H,1H3/q+1. The number of pyridine rings is 1. The molecule has 0 saturated carbocycles. The van der Waals surface area contributed by atoms with Gasteiger partial charge in [0.15, 0.2) is 12.4 Å². The third-order valence-electron chi connectivity index (χ3n) is 3.60. The summed E-state index contributed by atoms with van der Waals surface area (Å²) in [5.74, 6) is -0.340. The van der Waals surface area contributed by atoms with E-state index in [9.17, 15) is 4.79 Å². The number of hydrogen-bond acceptors (Lipinski definition) is 2. The smallest absolute Gasteiger partial charge is 0.343 e. The Hall–Kier alpha value is -2.94. The Morgan fingerprint density at radius 3 is 2.13 bits per heavy atom. The van der Waals surface area contributed by atoms with Crippen molar-refractivity contribution < 1.29 is 14.1 Å². The predicted octanol–water partition coefficient (Wildman–Crippen LogP) is 3.69. The van der Waals surface area contributed by atoms with Crippen LogP contribution in [0.15, 0.2) is 85.2 Å². The predicted molar refractivity (Wildman–Crippen MR) is 87.8 cm³/mol. The molecule has 0 aliphatic rings. The van der Waals surface area contributed by atoms with Crippen molar-refractivity contribution in [2.75, 3.05) is 0 Å². The summed E-state index contributed by atoms with van der Waals surface area (Å²) in [6.45, 7) is 2.03. The number of ether oxygens (including phenoxy) is 1. The number of rotatable bonds is 4. The van der Waals surface area contributed by atoms with Crippen LogP contribution in [0.1, 0.15) is 27.7 Å². The fourth-order valence-corrected chi connectivity index (χ4v) is 2.34. The second-order valence-corrected chi connectivity index (χ2v) is 5.36. The average Bonchev–Trinajstić information content (AvgIpc) is 2.62. The summed E-state index contributed by atoms with van der Waals surface area (Å²) in [4.78, 5) is 12.4. The molecular weight excluding hydrogens is 286 g/mol. The molecule has 0 fully saturated rings. The van der Waals surface area contributed by atoms with Crippen molar-refractivity contribution in [3.8, 4) is 0 Å². The Bertz CT molecular complexity index is 768. The maximum Gasteiger partial charge on any atom is 0.343 e. The first kappa shape index (κ1) is 15.0. The Morgan fingerprint density at radius 2 is 1.48 bits per heavy atom. The van der Waals surface area contributed by atoms with Crippen LogP contribution >= 0.6 is 0 Å². The number of aromatic nitrogens is 1. The summed E-state index contributed by atoms with van der Waals surface area (Å²) < 4.78 is 7.65. The summed E-state index contributed by atoms with van der Waals surface area (Å²) in [5.41, 5.74) is 2.64. The lowest BCUT2D eigenvalue weighted by molar-refractivity contribution is -0.746. The van der Waals surface area contributed by atoms with Crippen LogP contribution in [0, 0.1) is 6.92 Å². The summed E-state index contributed by atoms with van der Waals surface area (Å²) in [7, 11) is 0. The van der Waals surface area contributed by atoms with Gasteiger partial charge in [0.05, 0.1) is 11.1 Å². The van der Waals surface area contributed by atoms with Crippen molar-refractivity contribution in [1.82, 2.24) is 0 Å². The lowest BCUT2D eigenvalue weighted by Gasteiger charge is -2.14. The van der Waals surface area contributed by atoms with Crippen LogP contribution in [0.2, 0.25) is 0 Å². The molecule has 0 N–H and O–H groups in total. The molecule has 1 atom stereocenters. The van der Waals surface area contributed by atoms with E-state index in [2.05, 4.69) is 0 Å². The lowest BCUT2D eigenvalue weighted by Crippen LogP contribution is -2.42. The van der Waals surface area contributed by atoms with E-state index in [1.54, 1.807) is 12.1 Å². The first-order valence-electron chi connectivity index (χ1n) is 7.52. The van der Waals surface area contributed by atoms with Crippen molar-refractivity contribution in [2.45, 2.75) is 13.2 Å². The zero-order valence-electron chi connectivity index (χ0n) is 12.9. The molecule has 0 aliphatic carbocycles. The van der Waals surface area contributed by atoms with Crippen molar-refractivity contribution in [1.29, 1.82) is 0 Å². The van der Waals surface area contributed by atoms with Gasteiger partial charge in [0.2, 0.25) is 0 Å². The Morgan fingerprint density at radius 1 is 0.870 bits per heavy atom. The molecule has 2 aromatic carbocycles. The minimum atomic E-state index is -0.496. The number of carbonyl (C=O) groups excluding carboxylic acids is 1. The Labute approximate surface area is 135 Å². The van der Waals surface area contributed by atoms with E-state index in [4.69, 9.17) is 4.74 Å². The summed E-state index contributed by atoms with van der Waals surface area (Å²) >= 11 is 0. The van der Waals surface area contributed by atoms with E-state index in [1.165, 1.54) is 5.56 Å². The lowest BCUT2D eigenvalue weighted by atomic mass is 10.1. The summed E-state index contributed by atoms with van der Waals surface area (Å²) in [5, 5.41) is 0. The summed E-state index contributed by atoms with van der Waals surface area (Å²) in [6.07, 6.45) is 3.29. The molecule has 0 amide bonds. The van der Waals surface area contributed by atoms with Crippen molar-refractivity contribution in [3.63, 3.8) is 0 Å². The van der Waals surface area contributed by atoms with E-state index in [0.29, 0.717) is 5.56 Å². The topological polar surface area (TPSA) is 30.2 Å².